The third-order valence-corrected chi connectivity index (χ3v) is 3.30. The monoisotopic (exact) mass is 391 g/mol. The number of hydrogen-bond acceptors (Lipinski definition) is 8. The van der Waals surface area contributed by atoms with Crippen LogP contribution in [0.25, 0.3) is 0 Å². The van der Waals surface area contributed by atoms with Crippen molar-refractivity contribution >= 4 is 22.3 Å². The zero-order chi connectivity index (χ0) is 19.3. The number of nitrogens with zero attached hydrogens (tertiary/aromatic N) is 1. The Morgan fingerprint density at radius 1 is 1.04 bits per heavy atom. The number of aliphatic hydroxyl groups excluding tert-OH is 1. The first-order valence-corrected chi connectivity index (χ1v) is 8.86. The average molecular weight is 391 g/mol. The number of aliphatic hydroxyl groups is 1. The molecule has 25 heavy (non-hydrogen) atoms. The van der Waals surface area contributed by atoms with Gasteiger partial charge in [-0.2, -0.15) is 0 Å². The van der Waals surface area contributed by atoms with Gasteiger partial charge in [0.1, 0.15) is 26.8 Å². The molecule has 0 radical (unpaired) electrons. The zero-order valence-corrected chi connectivity index (χ0v) is 18.7. The fourth-order valence-electron chi connectivity index (χ4n) is 1.46. The number of hydrogen-bond donors (Lipinski definition) is 1. The summed E-state index contributed by atoms with van der Waals surface area (Å²) < 4.78 is 42.2. The molecule has 1 N–H and O–H groups in total. The van der Waals surface area contributed by atoms with E-state index in [1.54, 1.807) is 41.5 Å². The molecule has 11 heteroatoms. The number of carbonyl (C=O) groups excluding carboxylic acids is 2. The van der Waals surface area contributed by atoms with E-state index in [-0.39, 0.29) is 42.5 Å². The van der Waals surface area contributed by atoms with Crippen LogP contribution in [0.4, 0.5) is 9.59 Å². The summed E-state index contributed by atoms with van der Waals surface area (Å²) in [6, 6.07) is 0. The van der Waals surface area contributed by atoms with Crippen LogP contribution in [0.5, 0.6) is 0 Å². The van der Waals surface area contributed by atoms with Crippen molar-refractivity contribution in [2.75, 3.05) is 6.54 Å². The number of carbonyl (C=O) groups is 2. The molecule has 0 aromatic carbocycles. The molecule has 142 valence electrons. The fourth-order valence-corrected chi connectivity index (χ4v) is 1.91. The molecule has 0 saturated heterocycles. The predicted octanol–water partition coefficient (Wildman–Crippen LogP) is -1.19. The summed E-state index contributed by atoms with van der Waals surface area (Å²) in [4.78, 5) is 24.9. The minimum atomic E-state index is -4.84. The molecule has 0 heterocycles. The molecule has 0 spiro atoms. The van der Waals surface area contributed by atoms with E-state index in [0.29, 0.717) is 4.90 Å². The molecule has 0 aliphatic rings. The van der Waals surface area contributed by atoms with E-state index in [0.717, 1.165) is 0 Å². The number of amides is 2. The van der Waals surface area contributed by atoms with Crippen molar-refractivity contribution in [3.8, 4) is 0 Å². The van der Waals surface area contributed by atoms with E-state index >= 15 is 0 Å². The van der Waals surface area contributed by atoms with Crippen LogP contribution in [0.2, 0.25) is 0 Å². The minimum Gasteiger partial charge on any atom is -0.746 e. The molecule has 0 aromatic rings. The van der Waals surface area contributed by atoms with Gasteiger partial charge in [-0.15, -0.1) is 0 Å². The molecule has 0 fully saturated rings. The largest absolute Gasteiger partial charge is 1.00 e. The van der Waals surface area contributed by atoms with E-state index in [1.807, 2.05) is 0 Å². The second-order valence-corrected chi connectivity index (χ2v) is 8.73. The van der Waals surface area contributed by atoms with Crippen molar-refractivity contribution in [2.24, 2.45) is 0 Å². The summed E-state index contributed by atoms with van der Waals surface area (Å²) in [5, 5.41) is 9.20. The minimum absolute atomic E-state index is 0. The summed E-state index contributed by atoms with van der Waals surface area (Å²) in [5.41, 5.74) is -3.80. The van der Waals surface area contributed by atoms with Gasteiger partial charge in [0.05, 0.1) is 0 Å². The second kappa shape index (κ2) is 10.1. The van der Waals surface area contributed by atoms with Crippen LogP contribution in [0.15, 0.2) is 0 Å². The van der Waals surface area contributed by atoms with Gasteiger partial charge in [0.15, 0.2) is 0 Å². The molecule has 9 nitrogen and oxygen atoms in total. The molecule has 1 atom stereocenters. The summed E-state index contributed by atoms with van der Waals surface area (Å²) in [7, 11) is -4.84. The second-order valence-electron chi connectivity index (χ2n) is 7.20. The Labute approximate surface area is 171 Å². The molecule has 0 bridgehead atoms. The van der Waals surface area contributed by atoms with Crippen LogP contribution >= 0.6 is 0 Å². The summed E-state index contributed by atoms with van der Waals surface area (Å²) in [5.74, 6) is 0. The smallest absolute Gasteiger partial charge is 0.746 e. The van der Waals surface area contributed by atoms with Crippen LogP contribution in [-0.4, -0.2) is 58.3 Å². The van der Waals surface area contributed by atoms with E-state index in [1.165, 1.54) is 0 Å². The third kappa shape index (κ3) is 12.6. The maximum Gasteiger partial charge on any atom is 1.00 e. The van der Waals surface area contributed by atoms with Gasteiger partial charge >= 0.3 is 41.7 Å². The van der Waals surface area contributed by atoms with Crippen molar-refractivity contribution < 1.29 is 66.7 Å². The number of ether oxygens (including phenoxy) is 2. The topological polar surface area (TPSA) is 133 Å². The molecule has 1 unspecified atom stereocenters. The van der Waals surface area contributed by atoms with Gasteiger partial charge < -0.3 is 19.1 Å². The maximum absolute atomic E-state index is 12.1. The van der Waals surface area contributed by atoms with Crippen LogP contribution in [0, 0.1) is 0 Å². The molecule has 0 aromatic heterocycles. The van der Waals surface area contributed by atoms with Gasteiger partial charge in [-0.05, 0) is 54.4 Å². The molecular formula is C14H26NNaO8S. The van der Waals surface area contributed by atoms with Gasteiger partial charge in [-0.25, -0.2) is 22.9 Å². The first-order chi connectivity index (χ1) is 10.5. The van der Waals surface area contributed by atoms with E-state index in [2.05, 4.69) is 0 Å². The average Bonchev–Trinajstić information content (AvgIpc) is 2.27. The Morgan fingerprint density at radius 3 is 1.68 bits per heavy atom. The molecule has 0 rings (SSSR count). The van der Waals surface area contributed by atoms with E-state index in [9.17, 15) is 27.7 Å². The van der Waals surface area contributed by atoms with Crippen molar-refractivity contribution in [1.29, 1.82) is 0 Å². The third-order valence-electron chi connectivity index (χ3n) is 2.39. The van der Waals surface area contributed by atoms with E-state index in [4.69, 9.17) is 9.47 Å². The van der Waals surface area contributed by atoms with Gasteiger partial charge in [0.25, 0.3) is 0 Å². The van der Waals surface area contributed by atoms with Gasteiger partial charge in [0.2, 0.25) is 0 Å². The number of rotatable bonds is 5. The van der Waals surface area contributed by atoms with Crippen molar-refractivity contribution in [3.63, 3.8) is 0 Å². The summed E-state index contributed by atoms with van der Waals surface area (Å²) in [6.07, 6.45) is -2.46. The van der Waals surface area contributed by atoms with Crippen LogP contribution < -0.4 is 29.6 Å². The van der Waals surface area contributed by atoms with Crippen molar-refractivity contribution in [1.82, 2.24) is 4.90 Å². The zero-order valence-electron chi connectivity index (χ0n) is 15.9. The van der Waals surface area contributed by atoms with Crippen molar-refractivity contribution in [3.05, 3.63) is 0 Å². The first kappa shape index (κ1) is 26.8. The van der Waals surface area contributed by atoms with Gasteiger partial charge in [-0.1, -0.05) is 0 Å². The Morgan fingerprint density at radius 2 is 1.40 bits per heavy atom. The Hall–Kier alpha value is -0.390. The summed E-state index contributed by atoms with van der Waals surface area (Å²) >= 11 is 0. The molecule has 0 aliphatic carbocycles. The molecule has 0 saturated carbocycles. The standard InChI is InChI=1S/C14H27NO8S.Na/c1-13(2,3)22-11(17)15(12(18)23-14(4,5)6)9-7-8-10(16)24(19,20)21;/h10,16H,7-9H2,1-6H3,(H,19,20,21);/q;+1/p-1. The Balaban J connectivity index is 0. The quantitative estimate of drug-likeness (QED) is 0.457. The van der Waals surface area contributed by atoms with Crippen LogP contribution in [0.3, 0.4) is 0 Å². The predicted molar refractivity (Wildman–Crippen MR) is 84.1 cm³/mol. The first-order valence-electron chi connectivity index (χ1n) is 7.39. The van der Waals surface area contributed by atoms with Gasteiger partial charge in [-0.3, -0.25) is 0 Å². The SMILES string of the molecule is CC(C)(C)OC(=O)N(CCCC(O)S(=O)(=O)[O-])C(=O)OC(C)(C)C.[Na+]. The van der Waals surface area contributed by atoms with Crippen molar-refractivity contribution in [2.45, 2.75) is 71.0 Å². The Bertz CT molecular complexity index is 522. The summed E-state index contributed by atoms with van der Waals surface area (Å²) in [6.45, 7) is 9.43. The molecule has 2 amide bonds. The maximum atomic E-state index is 12.1. The number of imide groups is 1. The fraction of sp³-hybridized carbons (Fsp3) is 0.857. The van der Waals surface area contributed by atoms with Crippen LogP contribution in [0.1, 0.15) is 54.4 Å². The van der Waals surface area contributed by atoms with E-state index < -0.39 is 45.4 Å². The van der Waals surface area contributed by atoms with Gasteiger partial charge in [0, 0.05) is 6.54 Å². The molecular weight excluding hydrogens is 365 g/mol. The molecule has 0 aliphatic heterocycles. The van der Waals surface area contributed by atoms with Crippen LogP contribution in [-0.2, 0) is 19.6 Å². The normalized spacial score (nSPS) is 13.4. The Kier molecular flexibility index (Phi) is 10.8.